The average Bonchev–Trinajstić information content (AvgIpc) is 2.83. The number of nitrogens with zero attached hydrogens (tertiary/aromatic N) is 2. The Kier molecular flexibility index (Phi) is 5.53. The van der Waals surface area contributed by atoms with Crippen molar-refractivity contribution in [2.24, 2.45) is 0 Å². The van der Waals surface area contributed by atoms with Crippen LogP contribution >= 0.6 is 27.5 Å². The molecular weight excluding hydrogens is 430 g/mol. The lowest BCUT2D eigenvalue weighted by Gasteiger charge is -2.30. The molecule has 1 aromatic heterocycles. The Morgan fingerprint density at radius 1 is 1.24 bits per heavy atom. The molecule has 1 saturated carbocycles. The zero-order valence-electron chi connectivity index (χ0n) is 13.8. The van der Waals surface area contributed by atoms with E-state index in [4.69, 9.17) is 16.1 Å². The van der Waals surface area contributed by atoms with Crippen molar-refractivity contribution < 1.29 is 12.9 Å². The zero-order valence-corrected chi connectivity index (χ0v) is 16.9. The molecule has 25 heavy (non-hydrogen) atoms. The number of rotatable bonds is 4. The van der Waals surface area contributed by atoms with Gasteiger partial charge in [0.2, 0.25) is 15.9 Å². The summed E-state index contributed by atoms with van der Waals surface area (Å²) < 4.78 is 34.7. The number of aryl methyl sites for hydroxylation is 1. The van der Waals surface area contributed by atoms with Crippen molar-refractivity contribution in [3.05, 3.63) is 39.4 Å². The van der Waals surface area contributed by atoms with Crippen molar-refractivity contribution in [1.82, 2.24) is 14.9 Å². The number of halogens is 2. The highest BCUT2D eigenvalue weighted by Crippen LogP contribution is 2.37. The van der Waals surface area contributed by atoms with Gasteiger partial charge in [-0.1, -0.05) is 58.4 Å². The van der Waals surface area contributed by atoms with Crippen LogP contribution in [0.5, 0.6) is 0 Å². The van der Waals surface area contributed by atoms with Gasteiger partial charge in [-0.3, -0.25) is 0 Å². The van der Waals surface area contributed by atoms with Gasteiger partial charge in [0.25, 0.3) is 0 Å². The van der Waals surface area contributed by atoms with Gasteiger partial charge in [-0.25, -0.2) is 8.42 Å². The third-order valence-corrected chi connectivity index (χ3v) is 6.94. The van der Waals surface area contributed by atoms with E-state index in [0.29, 0.717) is 24.6 Å². The summed E-state index contributed by atoms with van der Waals surface area (Å²) in [5.74, 6) is 0.809. The van der Waals surface area contributed by atoms with E-state index >= 15 is 0 Å². The van der Waals surface area contributed by atoms with Crippen molar-refractivity contribution in [3.8, 4) is 0 Å². The smallest absolute Gasteiger partial charge is 0.242 e. The first-order valence-corrected chi connectivity index (χ1v) is 10.8. The molecule has 1 aliphatic carbocycles. The molecule has 3 rings (SSSR count). The Balaban J connectivity index is 2.02. The van der Waals surface area contributed by atoms with Crippen LogP contribution in [0.15, 0.2) is 32.1 Å². The van der Waals surface area contributed by atoms with E-state index in [1.54, 1.807) is 19.1 Å². The summed E-state index contributed by atoms with van der Waals surface area (Å²) in [6.45, 7) is 1.70. The molecule has 0 unspecified atom stereocenters. The van der Waals surface area contributed by atoms with E-state index < -0.39 is 15.6 Å². The molecule has 1 aliphatic rings. The summed E-state index contributed by atoms with van der Waals surface area (Å²) in [6, 6.07) is 4.70. The van der Waals surface area contributed by atoms with E-state index in [1.165, 1.54) is 6.07 Å². The van der Waals surface area contributed by atoms with E-state index in [-0.39, 0.29) is 9.92 Å². The fourth-order valence-electron chi connectivity index (χ4n) is 3.20. The maximum absolute atomic E-state index is 13.0. The lowest BCUT2D eigenvalue weighted by molar-refractivity contribution is 0.301. The first-order valence-electron chi connectivity index (χ1n) is 8.12. The van der Waals surface area contributed by atoms with Gasteiger partial charge in [-0.05, 0) is 31.0 Å². The lowest BCUT2D eigenvalue weighted by Crippen LogP contribution is -2.46. The van der Waals surface area contributed by atoms with Gasteiger partial charge in [0.15, 0.2) is 5.82 Å². The maximum Gasteiger partial charge on any atom is 0.242 e. The zero-order chi connectivity index (χ0) is 18.1. The molecule has 0 spiro atoms. The molecule has 1 N–H and O–H groups in total. The Morgan fingerprint density at radius 2 is 1.92 bits per heavy atom. The molecule has 0 radical (unpaired) electrons. The molecule has 1 heterocycles. The van der Waals surface area contributed by atoms with Gasteiger partial charge in [0.05, 0.1) is 10.6 Å². The molecule has 136 valence electrons. The number of benzene rings is 1. The molecule has 0 amide bonds. The van der Waals surface area contributed by atoms with Crippen molar-refractivity contribution in [2.75, 3.05) is 0 Å². The lowest BCUT2D eigenvalue weighted by atomic mass is 9.91. The minimum atomic E-state index is -3.85. The van der Waals surface area contributed by atoms with Gasteiger partial charge >= 0.3 is 0 Å². The predicted octanol–water partition coefficient (Wildman–Crippen LogP) is 4.32. The van der Waals surface area contributed by atoms with Crippen molar-refractivity contribution in [2.45, 2.75) is 55.9 Å². The summed E-state index contributed by atoms with van der Waals surface area (Å²) in [6.07, 6.45) is 5.14. The topological polar surface area (TPSA) is 85.1 Å². The molecule has 1 aromatic carbocycles. The standard InChI is InChI=1S/C16H19BrClN3O3S/c1-11-19-15(20-24-11)16(8-4-2-3-5-9-16)21-25(22,23)14-7-6-12(17)10-13(14)18/h6-7,10,21H,2-5,8-9H2,1H3. The second-order valence-electron chi connectivity index (χ2n) is 6.31. The first-order chi connectivity index (χ1) is 11.8. The summed E-state index contributed by atoms with van der Waals surface area (Å²) in [4.78, 5) is 4.36. The average molecular weight is 449 g/mol. The van der Waals surface area contributed by atoms with Gasteiger partial charge in [0, 0.05) is 11.4 Å². The van der Waals surface area contributed by atoms with Gasteiger partial charge < -0.3 is 4.52 Å². The SMILES string of the molecule is Cc1nc(C2(NS(=O)(=O)c3ccc(Br)cc3Cl)CCCCCC2)no1. The molecule has 0 atom stereocenters. The number of hydrogen-bond acceptors (Lipinski definition) is 5. The molecule has 2 aromatic rings. The minimum Gasteiger partial charge on any atom is -0.340 e. The molecule has 6 nitrogen and oxygen atoms in total. The van der Waals surface area contributed by atoms with Crippen LogP contribution in [-0.2, 0) is 15.6 Å². The largest absolute Gasteiger partial charge is 0.340 e. The van der Waals surface area contributed by atoms with Crippen LogP contribution in [0, 0.1) is 6.92 Å². The molecule has 0 bridgehead atoms. The summed E-state index contributed by atoms with van der Waals surface area (Å²) in [5.41, 5.74) is -0.872. The van der Waals surface area contributed by atoms with E-state index in [1.807, 2.05) is 0 Å². The number of nitrogens with one attached hydrogen (secondary N) is 1. The van der Waals surface area contributed by atoms with E-state index in [9.17, 15) is 8.42 Å². The van der Waals surface area contributed by atoms with Crippen LogP contribution in [0.3, 0.4) is 0 Å². The summed E-state index contributed by atoms with van der Waals surface area (Å²) in [7, 11) is -3.85. The van der Waals surface area contributed by atoms with Gasteiger partial charge in [-0.2, -0.15) is 9.71 Å². The van der Waals surface area contributed by atoms with E-state index in [0.717, 1.165) is 30.2 Å². The Bertz CT molecular complexity index is 861. The Morgan fingerprint density at radius 3 is 2.48 bits per heavy atom. The fourth-order valence-corrected chi connectivity index (χ4v) is 5.66. The van der Waals surface area contributed by atoms with Crippen molar-refractivity contribution >= 4 is 37.6 Å². The third kappa shape index (κ3) is 4.07. The van der Waals surface area contributed by atoms with Crippen LogP contribution in [0.1, 0.15) is 50.2 Å². The molecule has 1 fully saturated rings. The van der Waals surface area contributed by atoms with Crippen LogP contribution in [0.25, 0.3) is 0 Å². The minimum absolute atomic E-state index is 0.0428. The van der Waals surface area contributed by atoms with Crippen LogP contribution in [0.2, 0.25) is 5.02 Å². The third-order valence-electron chi connectivity index (χ3n) is 4.43. The van der Waals surface area contributed by atoms with Crippen LogP contribution in [0.4, 0.5) is 0 Å². The summed E-state index contributed by atoms with van der Waals surface area (Å²) in [5, 5.41) is 4.18. The highest BCUT2D eigenvalue weighted by molar-refractivity contribution is 9.10. The maximum atomic E-state index is 13.0. The van der Waals surface area contributed by atoms with Gasteiger partial charge in [0.1, 0.15) is 4.90 Å². The Labute approximate surface area is 160 Å². The normalized spacial score (nSPS) is 18.0. The summed E-state index contributed by atoms with van der Waals surface area (Å²) >= 11 is 9.45. The predicted molar refractivity (Wildman–Crippen MR) is 97.9 cm³/mol. The highest BCUT2D eigenvalue weighted by atomic mass is 79.9. The quantitative estimate of drug-likeness (QED) is 0.704. The molecule has 0 saturated heterocycles. The van der Waals surface area contributed by atoms with Crippen LogP contribution < -0.4 is 4.72 Å². The monoisotopic (exact) mass is 447 g/mol. The Hall–Kier alpha value is -0.960. The number of sulfonamides is 1. The number of aromatic nitrogens is 2. The van der Waals surface area contributed by atoms with E-state index in [2.05, 4.69) is 30.8 Å². The fraction of sp³-hybridized carbons (Fsp3) is 0.500. The second kappa shape index (κ2) is 7.34. The van der Waals surface area contributed by atoms with Gasteiger partial charge in [-0.15, -0.1) is 0 Å². The first kappa shape index (κ1) is 18.8. The van der Waals surface area contributed by atoms with Crippen molar-refractivity contribution in [1.29, 1.82) is 0 Å². The second-order valence-corrected chi connectivity index (χ2v) is 9.29. The molecule has 0 aliphatic heterocycles. The molecular formula is C16H19BrClN3O3S. The molecule has 9 heteroatoms. The van der Waals surface area contributed by atoms with Crippen LogP contribution in [-0.4, -0.2) is 18.6 Å². The highest BCUT2D eigenvalue weighted by Gasteiger charge is 2.41. The number of hydrogen-bond donors (Lipinski definition) is 1. The van der Waals surface area contributed by atoms with Crippen molar-refractivity contribution in [3.63, 3.8) is 0 Å².